The van der Waals surface area contributed by atoms with Crippen LogP contribution >= 0.6 is 0 Å². The minimum atomic E-state index is -0.480. The lowest BCUT2D eigenvalue weighted by Gasteiger charge is -2.13. The molecule has 0 aliphatic carbocycles. The van der Waals surface area contributed by atoms with Crippen LogP contribution in [0.2, 0.25) is 0 Å². The zero-order chi connectivity index (χ0) is 14.8. The van der Waals surface area contributed by atoms with Gasteiger partial charge in [0.05, 0.1) is 12.7 Å². The maximum absolute atomic E-state index is 11.4. The highest BCUT2D eigenvalue weighted by molar-refractivity contribution is 4.85. The molecule has 0 saturated carbocycles. The molecule has 0 aromatic carbocycles. The lowest BCUT2D eigenvalue weighted by Crippen LogP contribution is -2.31. The number of aromatic amines is 1. The topological polar surface area (TPSA) is 84.3 Å². The maximum atomic E-state index is 11.4. The molecule has 2 rings (SSSR count). The normalized spacial score (nSPS) is 20.5. The highest BCUT2D eigenvalue weighted by Crippen LogP contribution is 2.26. The Labute approximate surface area is 111 Å². The van der Waals surface area contributed by atoms with Crippen LogP contribution in [0, 0.1) is 25.7 Å². The molecule has 2 N–H and O–H groups in total. The first-order valence-corrected chi connectivity index (χ1v) is 5.45. The second-order valence-corrected chi connectivity index (χ2v) is 3.49. The van der Waals surface area contributed by atoms with Crippen molar-refractivity contribution in [2.75, 3.05) is 6.61 Å². The van der Waals surface area contributed by atoms with Gasteiger partial charge < -0.3 is 9.84 Å². The third-order valence-corrected chi connectivity index (χ3v) is 2.45. The predicted molar refractivity (Wildman–Crippen MR) is 71.3 cm³/mol. The second kappa shape index (κ2) is 8.76. The predicted octanol–water partition coefficient (Wildman–Crippen LogP) is -0.295. The van der Waals surface area contributed by atoms with Crippen LogP contribution in [0.3, 0.4) is 0 Å². The number of aliphatic hydroxyl groups is 1. The van der Waals surface area contributed by atoms with E-state index in [0.717, 1.165) is 0 Å². The summed E-state index contributed by atoms with van der Waals surface area (Å²) in [4.78, 5) is 24.4. The van der Waals surface area contributed by atoms with Gasteiger partial charge in [-0.2, -0.15) is 0 Å². The average molecular weight is 264 g/mol. The number of hydrogen-bond acceptors (Lipinski definition) is 4. The zero-order valence-electron chi connectivity index (χ0n) is 10.4. The number of hydrogen-bond donors (Lipinski definition) is 2. The van der Waals surface area contributed by atoms with Gasteiger partial charge in [-0.1, -0.05) is 0 Å². The summed E-state index contributed by atoms with van der Waals surface area (Å²) in [5, 5.41) is 8.87. The van der Waals surface area contributed by atoms with Crippen molar-refractivity contribution >= 4 is 0 Å². The van der Waals surface area contributed by atoms with E-state index in [0.29, 0.717) is 12.8 Å². The standard InChI is InChI=1S/C9H12N2O4.2C2H2/c12-5-6-1-2-8(15-6)11-4-3-7(13)10-9(11)14;2*1-2/h3-4,6,8,12H,1-2,5H2,(H,10,13,14);2*1-2H/t6-,8+;;/m0../s1. The van der Waals surface area contributed by atoms with Gasteiger partial charge in [0.15, 0.2) is 0 Å². The molecule has 1 aromatic heterocycles. The van der Waals surface area contributed by atoms with E-state index in [1.165, 1.54) is 16.8 Å². The number of aliphatic hydroxyl groups excluding tert-OH is 1. The van der Waals surface area contributed by atoms with Crippen molar-refractivity contribution in [3.05, 3.63) is 33.1 Å². The van der Waals surface area contributed by atoms with Gasteiger partial charge in [-0.15, -0.1) is 25.7 Å². The van der Waals surface area contributed by atoms with Crippen molar-refractivity contribution in [3.8, 4) is 25.7 Å². The Morgan fingerprint density at radius 1 is 1.32 bits per heavy atom. The number of terminal acetylenes is 2. The fourth-order valence-electron chi connectivity index (χ4n) is 1.68. The van der Waals surface area contributed by atoms with E-state index in [4.69, 9.17) is 9.84 Å². The molecule has 0 unspecified atom stereocenters. The molecule has 0 bridgehead atoms. The third-order valence-electron chi connectivity index (χ3n) is 2.45. The van der Waals surface area contributed by atoms with Gasteiger partial charge in [-0.3, -0.25) is 14.3 Å². The van der Waals surface area contributed by atoms with E-state index >= 15 is 0 Å². The summed E-state index contributed by atoms with van der Waals surface area (Å²) in [7, 11) is 0. The molecule has 6 nitrogen and oxygen atoms in total. The zero-order valence-corrected chi connectivity index (χ0v) is 10.4. The second-order valence-electron chi connectivity index (χ2n) is 3.49. The first-order valence-electron chi connectivity index (χ1n) is 5.45. The first-order chi connectivity index (χ1) is 9.20. The van der Waals surface area contributed by atoms with Crippen LogP contribution in [0.15, 0.2) is 21.9 Å². The van der Waals surface area contributed by atoms with Gasteiger partial charge >= 0.3 is 5.69 Å². The Morgan fingerprint density at radius 3 is 2.42 bits per heavy atom. The Balaban J connectivity index is 0.000000741. The molecule has 0 spiro atoms. The molecule has 1 saturated heterocycles. The fourth-order valence-corrected chi connectivity index (χ4v) is 1.68. The highest BCUT2D eigenvalue weighted by Gasteiger charge is 2.26. The summed E-state index contributed by atoms with van der Waals surface area (Å²) in [6.45, 7) is -0.0470. The number of nitrogens with one attached hydrogen (secondary N) is 1. The van der Waals surface area contributed by atoms with Gasteiger partial charge in [0.1, 0.15) is 6.23 Å². The Bertz CT molecular complexity index is 520. The van der Waals surface area contributed by atoms with Gasteiger partial charge in [-0.05, 0) is 12.8 Å². The van der Waals surface area contributed by atoms with Gasteiger partial charge in [0.25, 0.3) is 5.56 Å². The van der Waals surface area contributed by atoms with Crippen LogP contribution in [0.1, 0.15) is 19.1 Å². The summed E-state index contributed by atoms with van der Waals surface area (Å²) in [6, 6.07) is 1.27. The van der Waals surface area contributed by atoms with E-state index < -0.39 is 11.2 Å². The minimum absolute atomic E-state index is 0.0470. The van der Waals surface area contributed by atoms with E-state index in [1.807, 2.05) is 0 Å². The molecule has 2 heterocycles. The first kappa shape index (κ1) is 16.7. The molecule has 2 atom stereocenters. The lowest BCUT2D eigenvalue weighted by molar-refractivity contribution is -0.0246. The number of rotatable bonds is 2. The van der Waals surface area contributed by atoms with Gasteiger partial charge in [0.2, 0.25) is 0 Å². The quantitative estimate of drug-likeness (QED) is 0.719. The molecule has 1 fully saturated rings. The van der Waals surface area contributed by atoms with E-state index in [-0.39, 0.29) is 18.9 Å². The van der Waals surface area contributed by atoms with Crippen LogP contribution < -0.4 is 11.2 Å². The molecule has 6 heteroatoms. The molecule has 1 aliphatic heterocycles. The molecule has 0 amide bonds. The summed E-state index contributed by atoms with van der Waals surface area (Å²) < 4.78 is 6.74. The van der Waals surface area contributed by atoms with Crippen LogP contribution in [0.25, 0.3) is 0 Å². The molecular formula is C13H16N2O4. The fraction of sp³-hybridized carbons (Fsp3) is 0.385. The number of aromatic nitrogens is 2. The Hall–Kier alpha value is -2.28. The largest absolute Gasteiger partial charge is 0.394 e. The van der Waals surface area contributed by atoms with Gasteiger partial charge in [-0.25, -0.2) is 4.79 Å². The van der Waals surface area contributed by atoms with Crippen molar-refractivity contribution in [2.45, 2.75) is 25.2 Å². The van der Waals surface area contributed by atoms with E-state index in [1.54, 1.807) is 0 Å². The number of ether oxygens (including phenoxy) is 1. The molecule has 0 radical (unpaired) electrons. The van der Waals surface area contributed by atoms with Crippen LogP contribution in [0.5, 0.6) is 0 Å². The van der Waals surface area contributed by atoms with Crippen molar-refractivity contribution < 1.29 is 9.84 Å². The van der Waals surface area contributed by atoms with Crippen LogP contribution in [0.4, 0.5) is 0 Å². The lowest BCUT2D eigenvalue weighted by atomic mass is 10.2. The Kier molecular flexibility index (Phi) is 7.71. The van der Waals surface area contributed by atoms with Crippen LogP contribution in [-0.4, -0.2) is 27.4 Å². The highest BCUT2D eigenvalue weighted by atomic mass is 16.5. The summed E-state index contributed by atoms with van der Waals surface area (Å²) >= 11 is 0. The number of H-pyrrole nitrogens is 1. The summed E-state index contributed by atoms with van der Waals surface area (Å²) in [5.41, 5.74) is -0.904. The third kappa shape index (κ3) is 4.47. The monoisotopic (exact) mass is 264 g/mol. The van der Waals surface area contributed by atoms with Crippen molar-refractivity contribution in [1.82, 2.24) is 9.55 Å². The van der Waals surface area contributed by atoms with E-state index in [9.17, 15) is 9.59 Å². The summed E-state index contributed by atoms with van der Waals surface area (Å²) in [6.07, 6.45) is 18.2. The molecule has 19 heavy (non-hydrogen) atoms. The smallest absolute Gasteiger partial charge is 0.330 e. The van der Waals surface area contributed by atoms with E-state index in [2.05, 4.69) is 30.7 Å². The van der Waals surface area contributed by atoms with Crippen molar-refractivity contribution in [3.63, 3.8) is 0 Å². The SMILES string of the molecule is C#C.C#C.O=c1ccn([C@H]2CC[C@@H](CO)O2)c(=O)[nH]1. The maximum Gasteiger partial charge on any atom is 0.330 e. The summed E-state index contributed by atoms with van der Waals surface area (Å²) in [5.74, 6) is 0. The molecule has 1 aromatic rings. The molecule has 1 aliphatic rings. The van der Waals surface area contributed by atoms with Crippen LogP contribution in [-0.2, 0) is 4.74 Å². The molecular weight excluding hydrogens is 248 g/mol. The van der Waals surface area contributed by atoms with Crippen molar-refractivity contribution in [1.29, 1.82) is 0 Å². The number of nitrogens with zero attached hydrogens (tertiary/aromatic N) is 1. The average Bonchev–Trinajstić information content (AvgIpc) is 2.92. The van der Waals surface area contributed by atoms with Gasteiger partial charge in [0, 0.05) is 12.3 Å². The van der Waals surface area contributed by atoms with Crippen molar-refractivity contribution in [2.24, 2.45) is 0 Å². The minimum Gasteiger partial charge on any atom is -0.394 e. The molecule has 102 valence electrons. The Morgan fingerprint density at radius 2 is 1.95 bits per heavy atom.